The van der Waals surface area contributed by atoms with Gasteiger partial charge in [0.15, 0.2) is 0 Å². The van der Waals surface area contributed by atoms with Crippen LogP contribution in [-0.4, -0.2) is 35.1 Å². The Labute approximate surface area is 188 Å². The molecule has 1 aromatic heterocycles. The van der Waals surface area contributed by atoms with Crippen LogP contribution < -0.4 is 15.6 Å². The predicted molar refractivity (Wildman–Crippen MR) is 122 cm³/mol. The van der Waals surface area contributed by atoms with Crippen molar-refractivity contribution in [1.82, 2.24) is 4.98 Å². The van der Waals surface area contributed by atoms with Gasteiger partial charge in [0.25, 0.3) is 5.91 Å². The summed E-state index contributed by atoms with van der Waals surface area (Å²) >= 11 is 1.60. The first-order valence-corrected chi connectivity index (χ1v) is 11.1. The minimum atomic E-state index is -0.795. The quantitative estimate of drug-likeness (QED) is 0.662. The molecule has 0 saturated carbocycles. The van der Waals surface area contributed by atoms with E-state index in [1.807, 2.05) is 24.4 Å². The van der Waals surface area contributed by atoms with Crippen LogP contribution in [-0.2, 0) is 16.0 Å². The van der Waals surface area contributed by atoms with E-state index in [0.717, 1.165) is 33.9 Å². The number of carbonyl (C=O) groups excluding carboxylic acids is 2. The first-order chi connectivity index (χ1) is 15.4. The Bertz CT molecular complexity index is 1250. The molecule has 0 unspecified atom stereocenters. The lowest BCUT2D eigenvalue weighted by atomic mass is 10.1. The third-order valence-corrected chi connectivity index (χ3v) is 6.49. The highest BCUT2D eigenvalue weighted by Gasteiger charge is 2.38. The smallest absolute Gasteiger partial charge is 0.274 e. The lowest BCUT2D eigenvalue weighted by molar-refractivity contribution is -0.119. The largest absolute Gasteiger partial charge is 0.368 e. The van der Waals surface area contributed by atoms with Gasteiger partial charge in [0, 0.05) is 29.6 Å². The van der Waals surface area contributed by atoms with Crippen molar-refractivity contribution in [3.05, 3.63) is 64.2 Å². The van der Waals surface area contributed by atoms with Crippen LogP contribution in [0.25, 0.3) is 11.3 Å². The molecule has 2 N–H and O–H groups in total. The second-order valence-electron chi connectivity index (χ2n) is 7.79. The average molecular weight is 450 g/mol. The number of nitrogens with zero attached hydrogens (tertiary/aromatic N) is 4. The van der Waals surface area contributed by atoms with Crippen molar-refractivity contribution in [2.24, 2.45) is 10.8 Å². The van der Waals surface area contributed by atoms with E-state index in [0.29, 0.717) is 12.2 Å². The molecule has 1 atom stereocenters. The minimum absolute atomic E-state index is 0.105. The third-order valence-electron chi connectivity index (χ3n) is 5.71. The summed E-state index contributed by atoms with van der Waals surface area (Å²) in [6.07, 6.45) is 0.833. The fraction of sp³-hybridized carbons (Fsp3) is 0.217. The highest BCUT2D eigenvalue weighted by Crippen LogP contribution is 2.34. The van der Waals surface area contributed by atoms with E-state index in [2.05, 4.69) is 16.2 Å². The number of hydrogen-bond acceptors (Lipinski definition) is 6. The van der Waals surface area contributed by atoms with Crippen LogP contribution in [0, 0.1) is 12.7 Å². The van der Waals surface area contributed by atoms with Crippen molar-refractivity contribution in [2.75, 3.05) is 16.5 Å². The molecule has 0 aliphatic carbocycles. The summed E-state index contributed by atoms with van der Waals surface area (Å²) in [5.41, 5.74) is 10.2. The second-order valence-corrected chi connectivity index (χ2v) is 8.85. The second kappa shape index (κ2) is 7.83. The zero-order valence-corrected chi connectivity index (χ0v) is 18.1. The molecule has 162 valence electrons. The summed E-state index contributed by atoms with van der Waals surface area (Å²) < 4.78 is 13.3. The Balaban J connectivity index is 1.42. The first kappa shape index (κ1) is 20.3. The maximum absolute atomic E-state index is 13.3. The first-order valence-electron chi connectivity index (χ1n) is 10.2. The third kappa shape index (κ3) is 3.54. The van der Waals surface area contributed by atoms with Crippen molar-refractivity contribution in [2.45, 2.75) is 25.8 Å². The van der Waals surface area contributed by atoms with E-state index in [-0.39, 0.29) is 18.0 Å². The van der Waals surface area contributed by atoms with Gasteiger partial charge in [0.05, 0.1) is 16.4 Å². The van der Waals surface area contributed by atoms with Crippen molar-refractivity contribution >= 4 is 40.2 Å². The fourth-order valence-electron chi connectivity index (χ4n) is 4.12. The molecule has 0 spiro atoms. The SMILES string of the molecule is Cc1nc(-c2ccc3c(c2)CCN3C(=O)C2=NN(c3ccc(F)cc3)[C@@H](C(N)=O)C2)cs1. The number of amides is 2. The summed E-state index contributed by atoms with van der Waals surface area (Å²) in [6, 6.07) is 10.8. The van der Waals surface area contributed by atoms with Crippen LogP contribution >= 0.6 is 11.3 Å². The number of nitrogens with two attached hydrogens (primary N) is 1. The molecule has 0 fully saturated rings. The minimum Gasteiger partial charge on any atom is -0.368 e. The van der Waals surface area contributed by atoms with E-state index in [9.17, 15) is 14.0 Å². The van der Waals surface area contributed by atoms with Gasteiger partial charge < -0.3 is 10.6 Å². The number of carbonyl (C=O) groups is 2. The summed E-state index contributed by atoms with van der Waals surface area (Å²) in [5.74, 6) is -1.24. The van der Waals surface area contributed by atoms with Crippen LogP contribution in [0.1, 0.15) is 17.0 Å². The highest BCUT2D eigenvalue weighted by molar-refractivity contribution is 7.09. The number of rotatable bonds is 4. The average Bonchev–Trinajstić information content (AvgIpc) is 3.51. The van der Waals surface area contributed by atoms with Gasteiger partial charge in [-0.05, 0) is 55.3 Å². The Morgan fingerprint density at radius 3 is 2.66 bits per heavy atom. The van der Waals surface area contributed by atoms with Crippen molar-refractivity contribution in [3.63, 3.8) is 0 Å². The molecule has 9 heteroatoms. The van der Waals surface area contributed by atoms with Gasteiger partial charge in [0.2, 0.25) is 5.91 Å². The van der Waals surface area contributed by atoms with Gasteiger partial charge in [-0.25, -0.2) is 9.37 Å². The Morgan fingerprint density at radius 2 is 1.97 bits per heavy atom. The van der Waals surface area contributed by atoms with E-state index in [1.165, 1.54) is 29.3 Å². The maximum atomic E-state index is 13.3. The number of thiazole rings is 1. The Morgan fingerprint density at radius 1 is 1.19 bits per heavy atom. The topological polar surface area (TPSA) is 91.9 Å². The van der Waals surface area contributed by atoms with E-state index < -0.39 is 17.8 Å². The van der Waals surface area contributed by atoms with Gasteiger partial charge in [-0.15, -0.1) is 11.3 Å². The van der Waals surface area contributed by atoms with Crippen molar-refractivity contribution < 1.29 is 14.0 Å². The van der Waals surface area contributed by atoms with Crippen LogP contribution in [0.4, 0.5) is 15.8 Å². The van der Waals surface area contributed by atoms with E-state index in [1.54, 1.807) is 16.2 Å². The Kier molecular flexibility index (Phi) is 4.97. The number of benzene rings is 2. The maximum Gasteiger partial charge on any atom is 0.274 e. The van der Waals surface area contributed by atoms with Gasteiger partial charge in [-0.1, -0.05) is 6.07 Å². The number of fused-ring (bicyclic) bond motifs is 1. The molecule has 2 aliphatic rings. The fourth-order valence-corrected chi connectivity index (χ4v) is 4.74. The summed E-state index contributed by atoms with van der Waals surface area (Å²) in [6.45, 7) is 2.50. The zero-order chi connectivity index (χ0) is 22.4. The predicted octanol–water partition coefficient (Wildman–Crippen LogP) is 3.27. The molecule has 0 bridgehead atoms. The van der Waals surface area contributed by atoms with E-state index >= 15 is 0 Å². The molecule has 3 aromatic rings. The van der Waals surface area contributed by atoms with Crippen molar-refractivity contribution in [1.29, 1.82) is 0 Å². The molecule has 32 heavy (non-hydrogen) atoms. The van der Waals surface area contributed by atoms with Crippen LogP contribution in [0.3, 0.4) is 0 Å². The van der Waals surface area contributed by atoms with Gasteiger partial charge in [-0.3, -0.25) is 14.6 Å². The number of aromatic nitrogens is 1. The summed E-state index contributed by atoms with van der Waals surface area (Å²) in [7, 11) is 0. The zero-order valence-electron chi connectivity index (χ0n) is 17.3. The molecule has 3 heterocycles. The molecule has 7 nitrogen and oxygen atoms in total. The Hall–Kier alpha value is -3.59. The van der Waals surface area contributed by atoms with E-state index in [4.69, 9.17) is 5.73 Å². The number of halogens is 1. The number of anilines is 2. The normalized spacial score (nSPS) is 17.4. The van der Waals surface area contributed by atoms with Gasteiger partial charge in [-0.2, -0.15) is 5.10 Å². The monoisotopic (exact) mass is 449 g/mol. The summed E-state index contributed by atoms with van der Waals surface area (Å²) in [5, 5.41) is 8.84. The molecule has 2 aromatic carbocycles. The van der Waals surface area contributed by atoms with Crippen molar-refractivity contribution in [3.8, 4) is 11.3 Å². The lowest BCUT2D eigenvalue weighted by Gasteiger charge is -2.20. The lowest BCUT2D eigenvalue weighted by Crippen LogP contribution is -2.40. The van der Waals surface area contributed by atoms with Crippen LogP contribution in [0.2, 0.25) is 0 Å². The van der Waals surface area contributed by atoms with Crippen LogP contribution in [0.5, 0.6) is 0 Å². The molecular formula is C23H20FN5O2S. The van der Waals surface area contributed by atoms with Gasteiger partial charge in [0.1, 0.15) is 17.6 Å². The number of hydrogen-bond donors (Lipinski definition) is 1. The molecule has 2 aliphatic heterocycles. The molecule has 2 amide bonds. The number of hydrazone groups is 1. The highest BCUT2D eigenvalue weighted by atomic mass is 32.1. The number of primary amides is 1. The molecule has 5 rings (SSSR count). The summed E-state index contributed by atoms with van der Waals surface area (Å²) in [4.78, 5) is 31.6. The molecule has 0 saturated heterocycles. The van der Waals surface area contributed by atoms with Gasteiger partial charge >= 0.3 is 0 Å². The molecule has 0 radical (unpaired) electrons. The standard InChI is InChI=1S/C23H20FN5O2S/c1-13-26-19(12-32-13)14-2-7-20-15(10-14)8-9-28(20)23(31)18-11-21(22(25)30)29(27-18)17-5-3-16(24)4-6-17/h2-7,10,12,21H,8-9,11H2,1H3,(H2,25,30)/t21-/m1/s1. The van der Waals surface area contributed by atoms with Crippen LogP contribution in [0.15, 0.2) is 52.9 Å². The number of aryl methyl sites for hydroxylation is 1. The molecular weight excluding hydrogens is 429 g/mol.